The molecule has 4 heteroatoms. The number of rotatable bonds is 5. The molecular weight excluding hydrogens is 226 g/mol. The molecule has 2 aromatic rings. The van der Waals surface area contributed by atoms with E-state index in [4.69, 9.17) is 10.5 Å². The van der Waals surface area contributed by atoms with E-state index in [0.29, 0.717) is 12.3 Å². The van der Waals surface area contributed by atoms with E-state index in [1.807, 2.05) is 28.9 Å². The molecule has 18 heavy (non-hydrogen) atoms. The number of aryl methyl sites for hydroxylation is 2. The van der Waals surface area contributed by atoms with Crippen LogP contribution in [0.3, 0.4) is 0 Å². The number of nitrogen functional groups attached to an aromatic ring is 1. The molecule has 1 aromatic carbocycles. The van der Waals surface area contributed by atoms with Crippen LogP contribution in [-0.2, 0) is 19.6 Å². The molecule has 2 N–H and O–H groups in total. The molecule has 0 aliphatic heterocycles. The molecule has 2 rings (SSSR count). The summed E-state index contributed by atoms with van der Waals surface area (Å²) in [5, 5.41) is 4.49. The van der Waals surface area contributed by atoms with Crippen LogP contribution in [0.4, 0.5) is 5.69 Å². The smallest absolute Gasteiger partial charge is 0.130 e. The van der Waals surface area contributed by atoms with Crippen molar-refractivity contribution in [3.05, 3.63) is 41.7 Å². The lowest BCUT2D eigenvalue weighted by atomic mass is 10.3. The lowest BCUT2D eigenvalue weighted by molar-refractivity contribution is 0.292. The first-order chi connectivity index (χ1) is 8.72. The van der Waals surface area contributed by atoms with Gasteiger partial charge in [-0.25, -0.2) is 0 Å². The van der Waals surface area contributed by atoms with Crippen molar-refractivity contribution >= 4 is 5.69 Å². The van der Waals surface area contributed by atoms with E-state index >= 15 is 0 Å². The van der Waals surface area contributed by atoms with Crippen LogP contribution < -0.4 is 10.5 Å². The number of hydrogen-bond donors (Lipinski definition) is 1. The van der Waals surface area contributed by atoms with E-state index in [-0.39, 0.29) is 0 Å². The molecule has 96 valence electrons. The van der Waals surface area contributed by atoms with E-state index in [1.54, 1.807) is 0 Å². The first kappa shape index (κ1) is 12.5. The quantitative estimate of drug-likeness (QED) is 0.824. The molecular formula is C14H19N3O. The fraction of sp³-hybridized carbons (Fsp3) is 0.357. The van der Waals surface area contributed by atoms with Crippen molar-refractivity contribution in [2.24, 2.45) is 0 Å². The molecule has 0 fully saturated rings. The average molecular weight is 245 g/mol. The van der Waals surface area contributed by atoms with E-state index in [1.165, 1.54) is 0 Å². The molecule has 1 heterocycles. The Hall–Kier alpha value is -1.97. The predicted octanol–water partition coefficient (Wildman–Crippen LogP) is 2.63. The van der Waals surface area contributed by atoms with Gasteiger partial charge in [0.2, 0.25) is 0 Å². The lowest BCUT2D eigenvalue weighted by Crippen LogP contribution is -2.06. The Morgan fingerprint density at radius 3 is 2.78 bits per heavy atom. The van der Waals surface area contributed by atoms with Gasteiger partial charge in [-0.15, -0.1) is 0 Å². The molecule has 0 unspecified atom stereocenters. The van der Waals surface area contributed by atoms with Gasteiger partial charge in [-0.05, 0) is 31.5 Å². The maximum absolute atomic E-state index is 5.73. The Kier molecular flexibility index (Phi) is 3.87. The molecule has 0 spiro atoms. The van der Waals surface area contributed by atoms with Gasteiger partial charge in [0.15, 0.2) is 0 Å². The van der Waals surface area contributed by atoms with Gasteiger partial charge >= 0.3 is 0 Å². The highest BCUT2D eigenvalue weighted by molar-refractivity contribution is 5.43. The van der Waals surface area contributed by atoms with E-state index < -0.39 is 0 Å². The summed E-state index contributed by atoms with van der Waals surface area (Å²) in [6.07, 6.45) is 0.943. The second-order valence-corrected chi connectivity index (χ2v) is 4.16. The minimum absolute atomic E-state index is 0.518. The first-order valence-corrected chi connectivity index (χ1v) is 6.26. The van der Waals surface area contributed by atoms with Crippen LogP contribution >= 0.6 is 0 Å². The van der Waals surface area contributed by atoms with Crippen LogP contribution in [0.25, 0.3) is 0 Å². The van der Waals surface area contributed by atoms with E-state index in [9.17, 15) is 0 Å². The van der Waals surface area contributed by atoms with Crippen molar-refractivity contribution < 1.29 is 4.74 Å². The Bertz CT molecular complexity index is 520. The molecule has 0 aliphatic rings. The molecule has 0 atom stereocenters. The highest BCUT2D eigenvalue weighted by Gasteiger charge is 2.06. The lowest BCUT2D eigenvalue weighted by Gasteiger charge is -2.08. The van der Waals surface area contributed by atoms with E-state index in [0.717, 1.165) is 30.1 Å². The number of anilines is 1. The van der Waals surface area contributed by atoms with Gasteiger partial charge < -0.3 is 10.5 Å². The van der Waals surface area contributed by atoms with Gasteiger partial charge in [-0.2, -0.15) is 5.10 Å². The summed E-state index contributed by atoms with van der Waals surface area (Å²) >= 11 is 0. The van der Waals surface area contributed by atoms with Crippen molar-refractivity contribution in [3.8, 4) is 5.75 Å². The second-order valence-electron chi connectivity index (χ2n) is 4.16. The maximum atomic E-state index is 5.73. The average Bonchev–Trinajstić information content (AvgIpc) is 2.79. The van der Waals surface area contributed by atoms with Gasteiger partial charge in [0, 0.05) is 18.3 Å². The number of hydrogen-bond acceptors (Lipinski definition) is 3. The van der Waals surface area contributed by atoms with Crippen LogP contribution in [-0.4, -0.2) is 9.78 Å². The van der Waals surface area contributed by atoms with Crippen molar-refractivity contribution in [3.63, 3.8) is 0 Å². The third-order valence-corrected chi connectivity index (χ3v) is 2.82. The van der Waals surface area contributed by atoms with Crippen LogP contribution in [0.15, 0.2) is 30.3 Å². The fourth-order valence-electron chi connectivity index (χ4n) is 1.84. The Morgan fingerprint density at radius 1 is 1.28 bits per heavy atom. The number of nitrogens with zero attached hydrogens (tertiary/aromatic N) is 2. The monoisotopic (exact) mass is 245 g/mol. The number of aromatic nitrogens is 2. The van der Waals surface area contributed by atoms with Crippen LogP contribution in [0.2, 0.25) is 0 Å². The molecule has 1 aromatic heterocycles. The third-order valence-electron chi connectivity index (χ3n) is 2.82. The van der Waals surface area contributed by atoms with Gasteiger partial charge in [0.25, 0.3) is 0 Å². The molecule has 0 radical (unpaired) electrons. The van der Waals surface area contributed by atoms with Gasteiger partial charge in [0.05, 0.1) is 11.4 Å². The summed E-state index contributed by atoms with van der Waals surface area (Å²) in [5.74, 6) is 0.789. The van der Waals surface area contributed by atoms with Crippen LogP contribution in [0.5, 0.6) is 5.75 Å². The van der Waals surface area contributed by atoms with Crippen molar-refractivity contribution in [2.75, 3.05) is 5.73 Å². The van der Waals surface area contributed by atoms with Crippen molar-refractivity contribution in [1.29, 1.82) is 0 Å². The molecule has 0 aliphatic carbocycles. The summed E-state index contributed by atoms with van der Waals surface area (Å²) in [6, 6.07) is 9.56. The van der Waals surface area contributed by atoms with Crippen molar-refractivity contribution in [2.45, 2.75) is 33.4 Å². The minimum Gasteiger partial charge on any atom is -0.487 e. The maximum Gasteiger partial charge on any atom is 0.130 e. The zero-order valence-electron chi connectivity index (χ0n) is 10.9. The number of nitrogens with two attached hydrogens (primary N) is 1. The van der Waals surface area contributed by atoms with Gasteiger partial charge in [-0.3, -0.25) is 4.68 Å². The summed E-state index contributed by atoms with van der Waals surface area (Å²) in [4.78, 5) is 0. The predicted molar refractivity (Wildman–Crippen MR) is 72.5 cm³/mol. The number of benzene rings is 1. The van der Waals surface area contributed by atoms with Gasteiger partial charge in [0.1, 0.15) is 12.4 Å². The summed E-state index contributed by atoms with van der Waals surface area (Å²) in [6.45, 7) is 5.56. The minimum atomic E-state index is 0.518. The van der Waals surface area contributed by atoms with Gasteiger partial charge in [-0.1, -0.05) is 13.0 Å². The molecule has 4 nitrogen and oxygen atoms in total. The highest BCUT2D eigenvalue weighted by Crippen LogP contribution is 2.16. The Morgan fingerprint density at radius 2 is 2.11 bits per heavy atom. The van der Waals surface area contributed by atoms with Crippen LogP contribution in [0, 0.1) is 0 Å². The summed E-state index contributed by atoms with van der Waals surface area (Å²) < 4.78 is 7.71. The van der Waals surface area contributed by atoms with E-state index in [2.05, 4.69) is 25.0 Å². The number of ether oxygens (including phenoxy) is 1. The molecule has 0 saturated heterocycles. The highest BCUT2D eigenvalue weighted by atomic mass is 16.5. The largest absolute Gasteiger partial charge is 0.487 e. The normalized spacial score (nSPS) is 10.6. The SMILES string of the molecule is CCc1cc(COc2cccc(N)c2)n(CC)n1. The molecule has 0 saturated carbocycles. The Labute approximate surface area is 107 Å². The topological polar surface area (TPSA) is 53.1 Å². The third kappa shape index (κ3) is 2.83. The zero-order chi connectivity index (χ0) is 13.0. The summed E-state index contributed by atoms with van der Waals surface area (Å²) in [7, 11) is 0. The first-order valence-electron chi connectivity index (χ1n) is 6.26. The molecule has 0 bridgehead atoms. The van der Waals surface area contributed by atoms with Crippen LogP contribution in [0.1, 0.15) is 25.2 Å². The zero-order valence-corrected chi connectivity index (χ0v) is 10.9. The second kappa shape index (κ2) is 5.58. The standard InChI is InChI=1S/C14H19N3O/c1-3-12-9-13(17(4-2)16-12)10-18-14-7-5-6-11(15)8-14/h5-9H,3-4,10,15H2,1-2H3. The summed E-state index contributed by atoms with van der Waals surface area (Å²) in [5.41, 5.74) is 8.62. The van der Waals surface area contributed by atoms with Crippen molar-refractivity contribution in [1.82, 2.24) is 9.78 Å². The molecule has 0 amide bonds. The fourth-order valence-corrected chi connectivity index (χ4v) is 1.84. The Balaban J connectivity index is 2.07.